The lowest BCUT2D eigenvalue weighted by molar-refractivity contribution is -0.145. The summed E-state index contributed by atoms with van der Waals surface area (Å²) in [5.41, 5.74) is 7.79. The predicted octanol–water partition coefficient (Wildman–Crippen LogP) is 3.50. The van der Waals surface area contributed by atoms with Crippen molar-refractivity contribution in [2.24, 2.45) is 0 Å². The number of para-hydroxylation sites is 1. The molecule has 0 saturated heterocycles. The van der Waals surface area contributed by atoms with Crippen LogP contribution in [-0.4, -0.2) is 22.1 Å². The van der Waals surface area contributed by atoms with E-state index in [-0.39, 0.29) is 11.4 Å². The van der Waals surface area contributed by atoms with Crippen LogP contribution < -0.4 is 5.73 Å². The Hall–Kier alpha value is -2.73. The third kappa shape index (κ3) is 2.88. The van der Waals surface area contributed by atoms with Gasteiger partial charge in [0.15, 0.2) is 6.04 Å². The van der Waals surface area contributed by atoms with Crippen LogP contribution in [-0.2, 0) is 9.53 Å². The van der Waals surface area contributed by atoms with Crippen LogP contribution in [0.1, 0.15) is 18.5 Å². The molecule has 1 atom stereocenters. The number of hydrogen-bond acceptors (Lipinski definition) is 5. The highest BCUT2D eigenvalue weighted by Gasteiger charge is 2.26. The number of rotatable bonds is 4. The Morgan fingerprint density at radius 2 is 1.88 bits per heavy atom. The summed E-state index contributed by atoms with van der Waals surface area (Å²) in [5, 5.41) is 0.747. The largest absolute Gasteiger partial charge is 0.464 e. The predicted molar refractivity (Wildman–Crippen MR) is 96.2 cm³/mol. The number of carbonyl (C=O) groups is 1. The van der Waals surface area contributed by atoms with Gasteiger partial charge in [-0.25, -0.2) is 9.78 Å². The maximum absolute atomic E-state index is 12.6. The first kappa shape index (κ1) is 16.1. The van der Waals surface area contributed by atoms with Crippen molar-refractivity contribution in [1.29, 1.82) is 0 Å². The standard InChI is InChI=1S/C18H17N3O2S/c1-2-23-17(22)15(12-8-4-3-5-9-12)21-16(19)13-10-6-7-11-14(13)20-18(21)24/h3-11,15H,2,19H2,1H3. The van der Waals surface area contributed by atoms with Crippen LogP contribution in [0.3, 0.4) is 0 Å². The molecule has 1 aromatic heterocycles. The van der Waals surface area contributed by atoms with Crippen molar-refractivity contribution >= 4 is 34.9 Å². The maximum Gasteiger partial charge on any atom is 0.333 e. The minimum Gasteiger partial charge on any atom is -0.464 e. The van der Waals surface area contributed by atoms with E-state index < -0.39 is 12.0 Å². The molecule has 0 spiro atoms. The van der Waals surface area contributed by atoms with E-state index in [1.54, 1.807) is 11.5 Å². The zero-order valence-electron chi connectivity index (χ0n) is 13.2. The fourth-order valence-corrected chi connectivity index (χ4v) is 2.98. The van der Waals surface area contributed by atoms with Crippen LogP contribution in [0.15, 0.2) is 54.6 Å². The van der Waals surface area contributed by atoms with Gasteiger partial charge in [0.25, 0.3) is 0 Å². The summed E-state index contributed by atoms with van der Waals surface area (Å²) in [6.45, 7) is 2.04. The molecule has 0 bridgehead atoms. The van der Waals surface area contributed by atoms with Gasteiger partial charge in [-0.1, -0.05) is 42.5 Å². The molecule has 122 valence electrons. The topological polar surface area (TPSA) is 70.1 Å². The quantitative estimate of drug-likeness (QED) is 0.582. The van der Waals surface area contributed by atoms with E-state index in [1.165, 1.54) is 0 Å². The highest BCUT2D eigenvalue weighted by molar-refractivity contribution is 7.71. The Morgan fingerprint density at radius 3 is 2.58 bits per heavy atom. The van der Waals surface area contributed by atoms with Gasteiger partial charge < -0.3 is 10.5 Å². The number of esters is 1. The monoisotopic (exact) mass is 339 g/mol. The van der Waals surface area contributed by atoms with Gasteiger partial charge in [0.05, 0.1) is 12.1 Å². The van der Waals surface area contributed by atoms with Gasteiger partial charge in [-0.05, 0) is 36.8 Å². The summed E-state index contributed by atoms with van der Waals surface area (Å²) >= 11 is 5.41. The molecule has 0 amide bonds. The molecule has 1 heterocycles. The van der Waals surface area contributed by atoms with Gasteiger partial charge in [-0.2, -0.15) is 0 Å². The Morgan fingerprint density at radius 1 is 1.21 bits per heavy atom. The molecule has 6 heteroatoms. The second-order valence-electron chi connectivity index (χ2n) is 5.23. The molecule has 2 aromatic carbocycles. The van der Waals surface area contributed by atoms with Crippen LogP contribution in [0, 0.1) is 4.77 Å². The zero-order chi connectivity index (χ0) is 17.1. The lowest BCUT2D eigenvalue weighted by Crippen LogP contribution is -2.26. The lowest BCUT2D eigenvalue weighted by atomic mass is 10.1. The number of benzene rings is 2. The number of carbonyl (C=O) groups excluding carboxylic acids is 1. The lowest BCUT2D eigenvalue weighted by Gasteiger charge is -2.22. The first-order chi connectivity index (χ1) is 11.6. The summed E-state index contributed by atoms with van der Waals surface area (Å²) in [6, 6.07) is 16.0. The van der Waals surface area contributed by atoms with Gasteiger partial charge in [0.2, 0.25) is 4.77 Å². The average molecular weight is 339 g/mol. The molecule has 0 aliphatic rings. The summed E-state index contributed by atoms with van der Waals surface area (Å²) in [6.07, 6.45) is 0. The number of fused-ring (bicyclic) bond motifs is 1. The van der Waals surface area contributed by atoms with Crippen LogP contribution in [0.5, 0.6) is 0 Å². The average Bonchev–Trinajstić information content (AvgIpc) is 2.59. The van der Waals surface area contributed by atoms with Gasteiger partial charge in [0.1, 0.15) is 5.82 Å². The SMILES string of the molecule is CCOC(=O)C(c1ccccc1)n1c(N)c2ccccc2nc1=S. The van der Waals surface area contributed by atoms with E-state index >= 15 is 0 Å². The number of hydrogen-bond donors (Lipinski definition) is 1. The maximum atomic E-state index is 12.6. The zero-order valence-corrected chi connectivity index (χ0v) is 14.0. The Kier molecular flexibility index (Phi) is 4.57. The Labute approximate surface area is 144 Å². The number of ether oxygens (including phenoxy) is 1. The summed E-state index contributed by atoms with van der Waals surface area (Å²) in [7, 11) is 0. The van der Waals surface area contributed by atoms with E-state index in [1.807, 2.05) is 54.6 Å². The number of nitrogen functional groups attached to an aromatic ring is 1. The van der Waals surface area contributed by atoms with Gasteiger partial charge in [-0.3, -0.25) is 4.57 Å². The summed E-state index contributed by atoms with van der Waals surface area (Å²) in [5.74, 6) is -0.0175. The van der Waals surface area contributed by atoms with Crippen LogP contribution >= 0.6 is 12.2 Å². The van der Waals surface area contributed by atoms with Gasteiger partial charge in [-0.15, -0.1) is 0 Å². The number of nitrogens with zero attached hydrogens (tertiary/aromatic N) is 2. The van der Waals surface area contributed by atoms with E-state index in [0.29, 0.717) is 11.3 Å². The smallest absolute Gasteiger partial charge is 0.333 e. The van der Waals surface area contributed by atoms with Gasteiger partial charge in [0, 0.05) is 5.39 Å². The third-order valence-electron chi connectivity index (χ3n) is 3.75. The number of anilines is 1. The van der Waals surface area contributed by atoms with Crippen molar-refractivity contribution in [3.63, 3.8) is 0 Å². The van der Waals surface area contributed by atoms with E-state index in [0.717, 1.165) is 10.9 Å². The highest BCUT2D eigenvalue weighted by atomic mass is 32.1. The molecule has 24 heavy (non-hydrogen) atoms. The minimum absolute atomic E-state index is 0.244. The third-order valence-corrected chi connectivity index (χ3v) is 4.03. The van der Waals surface area contributed by atoms with Crippen LogP contribution in [0.4, 0.5) is 5.82 Å². The normalized spacial score (nSPS) is 12.0. The van der Waals surface area contributed by atoms with E-state index in [9.17, 15) is 4.79 Å². The molecular weight excluding hydrogens is 322 g/mol. The first-order valence-corrected chi connectivity index (χ1v) is 8.02. The molecule has 3 aromatic rings. The number of aromatic nitrogens is 2. The molecule has 0 radical (unpaired) electrons. The first-order valence-electron chi connectivity index (χ1n) is 7.61. The fourth-order valence-electron chi connectivity index (χ4n) is 2.67. The summed E-state index contributed by atoms with van der Waals surface area (Å²) in [4.78, 5) is 17.0. The Balaban J connectivity index is 2.27. The molecule has 2 N–H and O–H groups in total. The van der Waals surface area contributed by atoms with Crippen molar-refractivity contribution in [3.05, 3.63) is 64.9 Å². The molecular formula is C18H17N3O2S. The molecule has 1 unspecified atom stereocenters. The van der Waals surface area contributed by atoms with E-state index in [4.69, 9.17) is 22.7 Å². The van der Waals surface area contributed by atoms with Crippen molar-refractivity contribution in [2.75, 3.05) is 12.3 Å². The minimum atomic E-state index is -0.768. The molecule has 0 aliphatic heterocycles. The molecule has 0 saturated carbocycles. The second-order valence-corrected chi connectivity index (χ2v) is 5.60. The van der Waals surface area contributed by atoms with Crippen molar-refractivity contribution in [3.8, 4) is 0 Å². The van der Waals surface area contributed by atoms with Crippen molar-refractivity contribution < 1.29 is 9.53 Å². The molecule has 3 rings (SSSR count). The Bertz CT molecular complexity index is 938. The second kappa shape index (κ2) is 6.80. The van der Waals surface area contributed by atoms with Crippen LogP contribution in [0.2, 0.25) is 0 Å². The van der Waals surface area contributed by atoms with Crippen LogP contribution in [0.25, 0.3) is 10.9 Å². The molecule has 5 nitrogen and oxygen atoms in total. The van der Waals surface area contributed by atoms with Gasteiger partial charge >= 0.3 is 5.97 Å². The number of nitrogens with two attached hydrogens (primary N) is 1. The highest BCUT2D eigenvalue weighted by Crippen LogP contribution is 2.28. The molecule has 0 aliphatic carbocycles. The van der Waals surface area contributed by atoms with Crippen molar-refractivity contribution in [2.45, 2.75) is 13.0 Å². The summed E-state index contributed by atoms with van der Waals surface area (Å²) < 4.78 is 7.05. The van der Waals surface area contributed by atoms with Crippen molar-refractivity contribution in [1.82, 2.24) is 9.55 Å². The molecule has 0 fully saturated rings. The van der Waals surface area contributed by atoms with E-state index in [2.05, 4.69) is 4.98 Å². The fraction of sp³-hybridized carbons (Fsp3) is 0.167.